The van der Waals surface area contributed by atoms with Crippen LogP contribution in [0.3, 0.4) is 0 Å². The van der Waals surface area contributed by atoms with Crippen LogP contribution in [0.5, 0.6) is 11.5 Å². The quantitative estimate of drug-likeness (QED) is 0.129. The van der Waals surface area contributed by atoms with Crippen molar-refractivity contribution in [2.75, 3.05) is 24.3 Å². The molecule has 7 rings (SSSR count). The summed E-state index contributed by atoms with van der Waals surface area (Å²) >= 11 is 0. The first-order valence-corrected chi connectivity index (χ1v) is 16.5. The van der Waals surface area contributed by atoms with Crippen LogP contribution in [0.15, 0.2) is 65.7 Å². The first-order valence-electron chi connectivity index (χ1n) is 16.5. The molecule has 2 aromatic carbocycles. The second-order valence-electron chi connectivity index (χ2n) is 12.7. The van der Waals surface area contributed by atoms with E-state index in [2.05, 4.69) is 30.2 Å². The van der Waals surface area contributed by atoms with Gasteiger partial charge in [0.15, 0.2) is 22.9 Å². The van der Waals surface area contributed by atoms with E-state index >= 15 is 0 Å². The molecule has 252 valence electrons. The molecule has 48 heavy (non-hydrogen) atoms. The third kappa shape index (κ3) is 7.58. The lowest BCUT2D eigenvalue weighted by molar-refractivity contribution is 0.169. The predicted molar refractivity (Wildman–Crippen MR) is 183 cm³/mol. The van der Waals surface area contributed by atoms with E-state index in [1.54, 1.807) is 65.5 Å². The van der Waals surface area contributed by atoms with Gasteiger partial charge in [0.2, 0.25) is 0 Å². The third-order valence-electron chi connectivity index (χ3n) is 9.44. The van der Waals surface area contributed by atoms with Gasteiger partial charge in [-0.25, -0.2) is 24.7 Å². The maximum absolute atomic E-state index is 12.4. The highest BCUT2D eigenvalue weighted by molar-refractivity contribution is 5.71. The fraction of sp³-hybridized carbons (Fsp3) is 0.400. The minimum absolute atomic E-state index is 0.0772. The molecule has 0 atom stereocenters. The van der Waals surface area contributed by atoms with Crippen LogP contribution in [-0.2, 0) is 0 Å². The maximum atomic E-state index is 12.4. The molecular formula is C35H42N8O5. The van der Waals surface area contributed by atoms with Crippen LogP contribution in [0.2, 0.25) is 0 Å². The van der Waals surface area contributed by atoms with Crippen LogP contribution >= 0.6 is 0 Å². The van der Waals surface area contributed by atoms with Gasteiger partial charge in [0, 0.05) is 36.4 Å². The van der Waals surface area contributed by atoms with E-state index in [4.69, 9.17) is 5.73 Å². The number of anilines is 2. The fourth-order valence-electron chi connectivity index (χ4n) is 6.55. The number of aliphatic hydroxyl groups is 2. The van der Waals surface area contributed by atoms with Crippen LogP contribution in [0.25, 0.3) is 33.8 Å². The number of fused-ring (bicyclic) bond motifs is 1. The van der Waals surface area contributed by atoms with Gasteiger partial charge >= 0.3 is 5.69 Å². The monoisotopic (exact) mass is 654 g/mol. The van der Waals surface area contributed by atoms with Crippen molar-refractivity contribution in [3.8, 4) is 34.0 Å². The van der Waals surface area contributed by atoms with Crippen LogP contribution in [0.4, 0.5) is 11.6 Å². The van der Waals surface area contributed by atoms with E-state index in [0.717, 1.165) is 62.5 Å². The second kappa shape index (κ2) is 14.8. The highest BCUT2D eigenvalue weighted by Gasteiger charge is 2.26. The number of benzene rings is 2. The van der Waals surface area contributed by atoms with Crippen molar-refractivity contribution in [1.82, 2.24) is 29.5 Å². The summed E-state index contributed by atoms with van der Waals surface area (Å²) < 4.78 is 1.71. The van der Waals surface area contributed by atoms with E-state index in [1.165, 1.54) is 0 Å². The fourth-order valence-corrected chi connectivity index (χ4v) is 6.55. The van der Waals surface area contributed by atoms with Gasteiger partial charge in [-0.2, -0.15) is 0 Å². The standard InChI is InChI=1S/C18H20N4O3.C17H22N4O2/c23-10-11-1-5-13(6-2-11)22-17-16(21-18(22)25)19-9-15(20-17)12-3-7-14(24)8-4-12;18-16-17(20-13-5-1-11(10-22)2-6-13)21-15(9-19-16)12-3-7-14(23)8-4-12/h3-4,7-9,11,13,23-24H,1-2,5-6,10H2,(H,19,21,25);3-4,7-9,11,13,22-23H,1-2,5-6,10H2,(H2,18,19)(H,20,21). The van der Waals surface area contributed by atoms with Crippen LogP contribution in [-0.4, -0.2) is 69.2 Å². The van der Waals surface area contributed by atoms with Gasteiger partial charge in [0.05, 0.1) is 23.8 Å². The molecule has 3 aromatic heterocycles. The van der Waals surface area contributed by atoms with Gasteiger partial charge in [-0.05, 0) is 112 Å². The predicted octanol–water partition coefficient (Wildman–Crippen LogP) is 4.61. The number of phenols is 2. The Morgan fingerprint density at radius 2 is 1.27 bits per heavy atom. The van der Waals surface area contributed by atoms with E-state index in [-0.39, 0.29) is 36.4 Å². The van der Waals surface area contributed by atoms with Crippen LogP contribution in [0.1, 0.15) is 57.4 Å². The first-order chi connectivity index (χ1) is 23.3. The average molecular weight is 655 g/mol. The van der Waals surface area contributed by atoms with E-state index in [1.807, 2.05) is 0 Å². The molecule has 13 nitrogen and oxygen atoms in total. The van der Waals surface area contributed by atoms with Gasteiger partial charge in [-0.1, -0.05) is 0 Å². The Morgan fingerprint density at radius 1 is 0.750 bits per heavy atom. The highest BCUT2D eigenvalue weighted by atomic mass is 16.3. The molecule has 0 aliphatic heterocycles. The van der Waals surface area contributed by atoms with Crippen molar-refractivity contribution in [3.05, 3.63) is 71.4 Å². The minimum atomic E-state index is -0.190. The van der Waals surface area contributed by atoms with Crippen molar-refractivity contribution < 1.29 is 20.4 Å². The van der Waals surface area contributed by atoms with E-state index in [9.17, 15) is 25.2 Å². The smallest absolute Gasteiger partial charge is 0.329 e. The van der Waals surface area contributed by atoms with Crippen LogP contribution in [0, 0.1) is 11.8 Å². The van der Waals surface area contributed by atoms with Gasteiger partial charge < -0.3 is 31.5 Å². The van der Waals surface area contributed by atoms with E-state index in [0.29, 0.717) is 52.2 Å². The molecule has 0 amide bonds. The SMILES string of the molecule is Nc1ncc(-c2ccc(O)cc2)nc1NC1CCC(CO)CC1.O=c1[nH]c2ncc(-c3ccc(O)cc3)nc2n1C1CCC(CO)CC1. The summed E-state index contributed by atoms with van der Waals surface area (Å²) in [6.45, 7) is 0.477. The molecule has 13 heteroatoms. The highest BCUT2D eigenvalue weighted by Crippen LogP contribution is 2.33. The number of aliphatic hydroxyl groups excluding tert-OH is 2. The topological polar surface area (TPSA) is 208 Å². The number of H-pyrrole nitrogens is 1. The Morgan fingerprint density at radius 3 is 1.83 bits per heavy atom. The second-order valence-corrected chi connectivity index (χ2v) is 12.7. The molecule has 2 aliphatic rings. The Labute approximate surface area is 277 Å². The lowest BCUT2D eigenvalue weighted by Crippen LogP contribution is -2.28. The maximum Gasteiger partial charge on any atom is 0.329 e. The number of hydrogen-bond acceptors (Lipinski definition) is 11. The Hall–Kier alpha value is -5.01. The Balaban J connectivity index is 0.000000168. The lowest BCUT2D eigenvalue weighted by atomic mass is 9.86. The van der Waals surface area contributed by atoms with Crippen molar-refractivity contribution in [1.29, 1.82) is 0 Å². The molecular weight excluding hydrogens is 612 g/mol. The molecule has 0 saturated heterocycles. The number of nitrogens with one attached hydrogen (secondary N) is 2. The molecule has 8 N–H and O–H groups in total. The van der Waals surface area contributed by atoms with Gasteiger partial charge in [0.25, 0.3) is 0 Å². The number of aromatic nitrogens is 6. The number of aromatic hydroxyl groups is 2. The summed E-state index contributed by atoms with van der Waals surface area (Å²) in [5, 5.41) is 40.7. The van der Waals surface area contributed by atoms with Crippen molar-refractivity contribution >= 4 is 22.9 Å². The number of rotatable bonds is 7. The molecule has 5 aromatic rings. The van der Waals surface area contributed by atoms with Gasteiger partial charge in [-0.15, -0.1) is 0 Å². The number of nitrogen functional groups attached to an aromatic ring is 1. The first kappa shape index (κ1) is 32.9. The number of hydrogen-bond donors (Lipinski definition) is 7. The number of imidazole rings is 1. The summed E-state index contributed by atoms with van der Waals surface area (Å²) in [4.78, 5) is 33.0. The Kier molecular flexibility index (Phi) is 10.2. The summed E-state index contributed by atoms with van der Waals surface area (Å²) in [5.41, 5.74) is 9.88. The number of aromatic amines is 1. The van der Waals surface area contributed by atoms with Gasteiger partial charge in [-0.3, -0.25) is 9.55 Å². The molecule has 0 radical (unpaired) electrons. The summed E-state index contributed by atoms with van der Waals surface area (Å²) in [6, 6.07) is 14.0. The van der Waals surface area contributed by atoms with E-state index < -0.39 is 0 Å². The molecule has 3 heterocycles. The molecule has 0 spiro atoms. The Bertz CT molecular complexity index is 1860. The van der Waals surface area contributed by atoms with Crippen molar-refractivity contribution in [2.24, 2.45) is 11.8 Å². The number of nitrogens with two attached hydrogens (primary N) is 1. The zero-order valence-corrected chi connectivity index (χ0v) is 26.7. The van der Waals surface area contributed by atoms with Crippen molar-refractivity contribution in [3.63, 3.8) is 0 Å². The molecule has 2 fully saturated rings. The largest absolute Gasteiger partial charge is 0.508 e. The molecule has 0 bridgehead atoms. The normalized spacial score (nSPS) is 21.0. The minimum Gasteiger partial charge on any atom is -0.508 e. The summed E-state index contributed by atoms with van der Waals surface area (Å²) in [6.07, 6.45) is 10.8. The average Bonchev–Trinajstić information content (AvgIpc) is 3.45. The number of phenolic OH excluding ortho intramolecular Hbond substituents is 2. The number of nitrogens with zero attached hydrogens (tertiary/aromatic N) is 5. The molecule has 2 aliphatic carbocycles. The zero-order chi connectivity index (χ0) is 33.6. The van der Waals surface area contributed by atoms with Crippen LogP contribution < -0.4 is 16.7 Å². The summed E-state index contributed by atoms with van der Waals surface area (Å²) in [5.74, 6) is 2.14. The molecule has 2 saturated carbocycles. The van der Waals surface area contributed by atoms with Gasteiger partial charge in [0.1, 0.15) is 11.5 Å². The zero-order valence-electron chi connectivity index (χ0n) is 26.7. The lowest BCUT2D eigenvalue weighted by Gasteiger charge is -2.28. The third-order valence-corrected chi connectivity index (χ3v) is 9.44. The van der Waals surface area contributed by atoms with Crippen molar-refractivity contribution in [2.45, 2.75) is 63.5 Å². The molecule has 0 unspecified atom stereocenters. The summed E-state index contributed by atoms with van der Waals surface area (Å²) in [7, 11) is 0.